The number of benzene rings is 5. The molecule has 4 heteroatoms. The number of hydrogen-bond acceptors (Lipinski definition) is 4. The summed E-state index contributed by atoms with van der Waals surface area (Å²) in [5, 5.41) is 36.3. The molecule has 4 N–H and O–H groups in total. The molecule has 0 bridgehead atoms. The van der Waals surface area contributed by atoms with E-state index in [2.05, 4.69) is 52.0 Å². The second kappa shape index (κ2) is 13.4. The molecule has 0 amide bonds. The summed E-state index contributed by atoms with van der Waals surface area (Å²) in [6.07, 6.45) is 0. The van der Waals surface area contributed by atoms with Gasteiger partial charge in [0.15, 0.2) is 0 Å². The van der Waals surface area contributed by atoms with E-state index in [9.17, 15) is 10.2 Å². The molecule has 5 aromatic rings. The topological polar surface area (TPSA) is 80.9 Å². The Bertz CT molecular complexity index is 1310. The fourth-order valence-electron chi connectivity index (χ4n) is 4.25. The zero-order chi connectivity index (χ0) is 29.2. The maximum atomic E-state index is 9.53. The molecule has 0 fully saturated rings. The van der Waals surface area contributed by atoms with Crippen LogP contribution in [0.2, 0.25) is 0 Å². The lowest BCUT2D eigenvalue weighted by Gasteiger charge is -2.29. The van der Waals surface area contributed by atoms with E-state index in [-0.39, 0.29) is 22.3 Å². The highest BCUT2D eigenvalue weighted by atomic mass is 16.3. The molecular formula is C36H38O4. The van der Waals surface area contributed by atoms with Crippen molar-refractivity contribution in [3.8, 4) is 23.0 Å². The Morgan fingerprint density at radius 3 is 0.700 bits per heavy atom. The van der Waals surface area contributed by atoms with Crippen LogP contribution in [0.5, 0.6) is 23.0 Å². The Kier molecular flexibility index (Phi) is 9.99. The Balaban J connectivity index is 0.000000255. The van der Waals surface area contributed by atoms with Crippen LogP contribution < -0.4 is 0 Å². The summed E-state index contributed by atoms with van der Waals surface area (Å²) in [6.45, 7) is 8.78. The smallest absolute Gasteiger partial charge is 0.115 e. The van der Waals surface area contributed by atoms with Crippen LogP contribution in [0.1, 0.15) is 49.9 Å². The van der Waals surface area contributed by atoms with E-state index in [0.29, 0.717) is 11.5 Å². The highest BCUT2D eigenvalue weighted by Gasteiger charge is 2.26. The van der Waals surface area contributed by atoms with E-state index >= 15 is 0 Å². The lowest BCUT2D eigenvalue weighted by molar-refractivity contribution is 0.473. The van der Waals surface area contributed by atoms with Crippen LogP contribution in [-0.2, 0) is 10.8 Å². The quantitative estimate of drug-likeness (QED) is 0.186. The Hall–Kier alpha value is -4.70. The van der Waals surface area contributed by atoms with Crippen LogP contribution in [0.25, 0.3) is 0 Å². The van der Waals surface area contributed by atoms with Crippen molar-refractivity contribution in [3.05, 3.63) is 156 Å². The SMILES string of the molecule is CC(C)(c1ccc(O)cc1)c1ccc(C(C)(C)c2ccc(O)cc2)cc1.Oc1ccccc1.Oc1ccccc1. The van der Waals surface area contributed by atoms with Crippen molar-refractivity contribution in [2.45, 2.75) is 38.5 Å². The van der Waals surface area contributed by atoms with Crippen molar-refractivity contribution in [2.75, 3.05) is 0 Å². The molecule has 0 aliphatic rings. The largest absolute Gasteiger partial charge is 0.508 e. The summed E-state index contributed by atoms with van der Waals surface area (Å²) < 4.78 is 0. The van der Waals surface area contributed by atoms with Gasteiger partial charge in [0, 0.05) is 10.8 Å². The number of hydrogen-bond donors (Lipinski definition) is 4. The van der Waals surface area contributed by atoms with E-state index < -0.39 is 0 Å². The molecule has 0 heterocycles. The van der Waals surface area contributed by atoms with Crippen molar-refractivity contribution in [3.63, 3.8) is 0 Å². The van der Waals surface area contributed by atoms with Crippen LogP contribution in [0, 0.1) is 0 Å². The Labute approximate surface area is 237 Å². The van der Waals surface area contributed by atoms with Crippen molar-refractivity contribution >= 4 is 0 Å². The van der Waals surface area contributed by atoms with Crippen LogP contribution in [-0.4, -0.2) is 20.4 Å². The molecule has 0 atom stereocenters. The fourth-order valence-corrected chi connectivity index (χ4v) is 4.25. The Morgan fingerprint density at radius 1 is 0.300 bits per heavy atom. The molecule has 0 radical (unpaired) electrons. The van der Waals surface area contributed by atoms with Crippen molar-refractivity contribution < 1.29 is 20.4 Å². The van der Waals surface area contributed by atoms with Crippen LogP contribution in [0.3, 0.4) is 0 Å². The summed E-state index contributed by atoms with van der Waals surface area (Å²) >= 11 is 0. The molecule has 0 aliphatic carbocycles. The third-order valence-corrected chi connectivity index (χ3v) is 7.02. The van der Waals surface area contributed by atoms with Gasteiger partial charge in [-0.2, -0.15) is 0 Å². The van der Waals surface area contributed by atoms with Gasteiger partial charge in [-0.15, -0.1) is 0 Å². The van der Waals surface area contributed by atoms with E-state index in [0.717, 1.165) is 0 Å². The van der Waals surface area contributed by atoms with Crippen molar-refractivity contribution in [1.82, 2.24) is 0 Å². The first-order chi connectivity index (χ1) is 19.0. The lowest BCUT2D eigenvalue weighted by Crippen LogP contribution is -2.21. The molecule has 206 valence electrons. The van der Waals surface area contributed by atoms with E-state index in [4.69, 9.17) is 10.2 Å². The predicted octanol–water partition coefficient (Wildman–Crippen LogP) is 8.53. The fraction of sp³-hybridized carbons (Fsp3) is 0.167. The molecule has 0 saturated heterocycles. The van der Waals surface area contributed by atoms with Gasteiger partial charge in [-0.1, -0.05) is 113 Å². The molecule has 0 unspecified atom stereocenters. The first-order valence-electron chi connectivity index (χ1n) is 13.2. The average molecular weight is 535 g/mol. The summed E-state index contributed by atoms with van der Waals surface area (Å²) in [5.74, 6) is 1.22. The third-order valence-electron chi connectivity index (χ3n) is 7.02. The van der Waals surface area contributed by atoms with Gasteiger partial charge in [-0.3, -0.25) is 0 Å². The monoisotopic (exact) mass is 534 g/mol. The number of aromatic hydroxyl groups is 4. The van der Waals surface area contributed by atoms with Gasteiger partial charge < -0.3 is 20.4 Å². The molecule has 5 aromatic carbocycles. The summed E-state index contributed by atoms with van der Waals surface area (Å²) in [6, 6.07) is 41.0. The highest BCUT2D eigenvalue weighted by Crippen LogP contribution is 2.36. The first-order valence-corrected chi connectivity index (χ1v) is 13.2. The van der Waals surface area contributed by atoms with Crippen molar-refractivity contribution in [2.24, 2.45) is 0 Å². The van der Waals surface area contributed by atoms with E-state index in [1.165, 1.54) is 22.3 Å². The maximum Gasteiger partial charge on any atom is 0.115 e. The van der Waals surface area contributed by atoms with Gasteiger partial charge in [0.2, 0.25) is 0 Å². The minimum absolute atomic E-state index is 0.144. The van der Waals surface area contributed by atoms with Gasteiger partial charge >= 0.3 is 0 Å². The van der Waals surface area contributed by atoms with Crippen LogP contribution >= 0.6 is 0 Å². The third kappa shape index (κ3) is 8.15. The minimum Gasteiger partial charge on any atom is -0.508 e. The number of rotatable bonds is 4. The number of phenols is 4. The van der Waals surface area contributed by atoms with E-state index in [1.54, 1.807) is 72.8 Å². The molecule has 40 heavy (non-hydrogen) atoms. The standard InChI is InChI=1S/C24H26O2.2C6H6O/c1-23(2,19-9-13-21(25)14-10-19)17-5-7-18(8-6-17)24(3,4)20-11-15-22(26)16-12-20;2*7-6-4-2-1-3-5-6/h5-16,25-26H,1-4H3;2*1-5,7H. The predicted molar refractivity (Wildman–Crippen MR) is 163 cm³/mol. The maximum absolute atomic E-state index is 9.53. The normalized spacial score (nSPS) is 10.9. The van der Waals surface area contributed by atoms with Gasteiger partial charge in [0.05, 0.1) is 0 Å². The zero-order valence-corrected chi connectivity index (χ0v) is 23.5. The summed E-state index contributed by atoms with van der Waals surface area (Å²) in [5.41, 5.74) is 4.51. The summed E-state index contributed by atoms with van der Waals surface area (Å²) in [4.78, 5) is 0. The highest BCUT2D eigenvalue weighted by molar-refractivity contribution is 5.44. The van der Waals surface area contributed by atoms with Gasteiger partial charge in [0.1, 0.15) is 23.0 Å². The molecule has 0 aliphatic heterocycles. The summed E-state index contributed by atoms with van der Waals surface area (Å²) in [7, 11) is 0. The zero-order valence-electron chi connectivity index (χ0n) is 23.5. The second-order valence-electron chi connectivity index (χ2n) is 10.6. The number of phenolic OH excluding ortho intramolecular Hbond substituents is 4. The molecule has 0 spiro atoms. The molecule has 0 aromatic heterocycles. The lowest BCUT2D eigenvalue weighted by atomic mass is 9.74. The average Bonchev–Trinajstić information content (AvgIpc) is 2.95. The molecule has 5 rings (SSSR count). The van der Waals surface area contributed by atoms with Gasteiger partial charge in [-0.25, -0.2) is 0 Å². The molecular weight excluding hydrogens is 496 g/mol. The number of para-hydroxylation sites is 2. The minimum atomic E-state index is -0.144. The van der Waals surface area contributed by atoms with Crippen LogP contribution in [0.15, 0.2) is 133 Å². The Morgan fingerprint density at radius 2 is 0.500 bits per heavy atom. The second-order valence-corrected chi connectivity index (χ2v) is 10.6. The van der Waals surface area contributed by atoms with Crippen LogP contribution in [0.4, 0.5) is 0 Å². The van der Waals surface area contributed by atoms with Gasteiger partial charge in [0.25, 0.3) is 0 Å². The molecule has 0 saturated carbocycles. The van der Waals surface area contributed by atoms with E-state index in [1.807, 2.05) is 36.4 Å². The molecule has 4 nitrogen and oxygen atoms in total. The first kappa shape index (κ1) is 29.9. The van der Waals surface area contributed by atoms with Crippen molar-refractivity contribution in [1.29, 1.82) is 0 Å². The van der Waals surface area contributed by atoms with Gasteiger partial charge in [-0.05, 0) is 70.8 Å².